The minimum atomic E-state index is -3.48. The van der Waals surface area contributed by atoms with Gasteiger partial charge in [0.25, 0.3) is 0 Å². The van der Waals surface area contributed by atoms with Gasteiger partial charge in [-0.1, -0.05) is 29.8 Å². The normalized spacial score (nSPS) is 11.3. The summed E-state index contributed by atoms with van der Waals surface area (Å²) in [7, 11) is -1.91. The van der Waals surface area contributed by atoms with Crippen LogP contribution in [-0.4, -0.2) is 22.1 Å². The van der Waals surface area contributed by atoms with Crippen molar-refractivity contribution in [2.75, 3.05) is 13.7 Å². The number of ether oxygens (including phenoxy) is 1. The van der Waals surface area contributed by atoms with Crippen LogP contribution in [0.2, 0.25) is 5.02 Å². The van der Waals surface area contributed by atoms with Crippen molar-refractivity contribution in [1.82, 2.24) is 4.72 Å². The third kappa shape index (κ3) is 4.20. The first-order chi connectivity index (χ1) is 10.0. The highest BCUT2D eigenvalue weighted by Crippen LogP contribution is 2.22. The third-order valence-corrected chi connectivity index (χ3v) is 4.69. The van der Waals surface area contributed by atoms with Gasteiger partial charge in [0.1, 0.15) is 5.75 Å². The molecule has 0 saturated heterocycles. The lowest BCUT2D eigenvalue weighted by molar-refractivity contribution is 0.409. The van der Waals surface area contributed by atoms with Crippen LogP contribution in [0.3, 0.4) is 0 Å². The Hall–Kier alpha value is -1.56. The highest BCUT2D eigenvalue weighted by Gasteiger charge is 2.13. The van der Waals surface area contributed by atoms with Crippen LogP contribution >= 0.6 is 11.6 Å². The molecule has 0 fully saturated rings. The van der Waals surface area contributed by atoms with Gasteiger partial charge in [-0.3, -0.25) is 0 Å². The van der Waals surface area contributed by atoms with E-state index in [4.69, 9.17) is 16.3 Å². The monoisotopic (exact) mass is 325 g/mol. The van der Waals surface area contributed by atoms with Crippen molar-refractivity contribution in [2.24, 2.45) is 0 Å². The third-order valence-electron chi connectivity index (χ3n) is 2.98. The molecule has 0 spiro atoms. The molecule has 2 aromatic carbocycles. The lowest BCUT2D eigenvalue weighted by Crippen LogP contribution is -2.26. The molecule has 1 N–H and O–H groups in total. The second-order valence-electron chi connectivity index (χ2n) is 4.42. The van der Waals surface area contributed by atoms with Crippen molar-refractivity contribution < 1.29 is 13.2 Å². The summed E-state index contributed by atoms with van der Waals surface area (Å²) in [5.41, 5.74) is 0.862. The van der Waals surface area contributed by atoms with Crippen LogP contribution in [0.25, 0.3) is 0 Å². The summed E-state index contributed by atoms with van der Waals surface area (Å²) < 4.78 is 32.0. The van der Waals surface area contributed by atoms with Crippen LogP contribution in [-0.2, 0) is 16.4 Å². The molecule has 0 saturated carbocycles. The van der Waals surface area contributed by atoms with Crippen LogP contribution in [0, 0.1) is 0 Å². The average Bonchev–Trinajstić information content (AvgIpc) is 2.48. The lowest BCUT2D eigenvalue weighted by Gasteiger charge is -2.10. The molecule has 2 rings (SSSR count). The fourth-order valence-electron chi connectivity index (χ4n) is 1.95. The molecular formula is C15H16ClNO3S. The minimum absolute atomic E-state index is 0.253. The van der Waals surface area contributed by atoms with E-state index in [2.05, 4.69) is 4.72 Å². The zero-order chi connectivity index (χ0) is 15.3. The quantitative estimate of drug-likeness (QED) is 0.888. The predicted molar refractivity (Wildman–Crippen MR) is 83.3 cm³/mol. The molecule has 0 aromatic heterocycles. The molecule has 0 atom stereocenters. The largest absolute Gasteiger partial charge is 0.496 e. The standard InChI is InChI=1S/C15H16ClNO3S/c1-20-15-8-7-13(16)11-12(15)9-10-17-21(18,19)14-5-3-2-4-6-14/h2-8,11,17H,9-10H2,1H3. The Labute approximate surface area is 129 Å². The number of nitrogens with one attached hydrogen (secondary N) is 1. The fraction of sp³-hybridized carbons (Fsp3) is 0.200. The van der Waals surface area contributed by atoms with E-state index in [1.807, 2.05) is 0 Å². The summed E-state index contributed by atoms with van der Waals surface area (Å²) >= 11 is 5.94. The molecule has 2 aromatic rings. The Morgan fingerprint density at radius 2 is 1.86 bits per heavy atom. The SMILES string of the molecule is COc1ccc(Cl)cc1CCNS(=O)(=O)c1ccccc1. The summed E-state index contributed by atoms with van der Waals surface area (Å²) in [6.07, 6.45) is 0.496. The molecule has 0 unspecified atom stereocenters. The zero-order valence-corrected chi connectivity index (χ0v) is 13.1. The molecule has 0 aliphatic rings. The Kier molecular flexibility index (Phi) is 5.22. The number of hydrogen-bond donors (Lipinski definition) is 1. The van der Waals surface area contributed by atoms with Gasteiger partial charge in [0, 0.05) is 11.6 Å². The van der Waals surface area contributed by atoms with Crippen LogP contribution in [0.4, 0.5) is 0 Å². The van der Waals surface area contributed by atoms with Crippen LogP contribution < -0.4 is 9.46 Å². The van der Waals surface area contributed by atoms with Gasteiger partial charge in [-0.25, -0.2) is 13.1 Å². The maximum atomic E-state index is 12.1. The molecule has 0 aliphatic carbocycles. The Morgan fingerprint density at radius 3 is 2.52 bits per heavy atom. The first kappa shape index (κ1) is 15.8. The highest BCUT2D eigenvalue weighted by atomic mass is 35.5. The van der Waals surface area contributed by atoms with Gasteiger partial charge in [-0.2, -0.15) is 0 Å². The predicted octanol–water partition coefficient (Wildman–Crippen LogP) is 2.87. The summed E-state index contributed by atoms with van der Waals surface area (Å²) in [6, 6.07) is 13.5. The number of sulfonamides is 1. The fourth-order valence-corrected chi connectivity index (χ4v) is 3.19. The van der Waals surface area contributed by atoms with E-state index in [-0.39, 0.29) is 11.4 Å². The van der Waals surface area contributed by atoms with E-state index in [1.54, 1.807) is 55.6 Å². The second kappa shape index (κ2) is 6.93. The van der Waals surface area contributed by atoms with Gasteiger partial charge >= 0.3 is 0 Å². The molecule has 0 radical (unpaired) electrons. The summed E-state index contributed by atoms with van der Waals surface area (Å²) in [5, 5.41) is 0.594. The molecule has 0 aliphatic heterocycles. The first-order valence-corrected chi connectivity index (χ1v) is 8.26. The van der Waals surface area contributed by atoms with E-state index in [0.717, 1.165) is 5.56 Å². The number of halogens is 1. The van der Waals surface area contributed by atoms with Gasteiger partial charge in [0.2, 0.25) is 10.0 Å². The van der Waals surface area contributed by atoms with Gasteiger partial charge in [0.05, 0.1) is 12.0 Å². The molecule has 0 bridgehead atoms. The van der Waals surface area contributed by atoms with E-state index in [0.29, 0.717) is 17.2 Å². The molecule has 21 heavy (non-hydrogen) atoms. The Morgan fingerprint density at radius 1 is 1.14 bits per heavy atom. The zero-order valence-electron chi connectivity index (χ0n) is 11.5. The molecular weight excluding hydrogens is 310 g/mol. The maximum Gasteiger partial charge on any atom is 0.240 e. The molecule has 6 heteroatoms. The van der Waals surface area contributed by atoms with Crippen molar-refractivity contribution in [3.8, 4) is 5.75 Å². The first-order valence-electron chi connectivity index (χ1n) is 6.40. The Bertz CT molecular complexity index is 702. The van der Waals surface area contributed by atoms with Crippen LogP contribution in [0.1, 0.15) is 5.56 Å². The van der Waals surface area contributed by atoms with Gasteiger partial charge in [-0.15, -0.1) is 0 Å². The number of rotatable bonds is 6. The summed E-state index contributed by atoms with van der Waals surface area (Å²) in [5.74, 6) is 0.693. The topological polar surface area (TPSA) is 55.4 Å². The van der Waals surface area contributed by atoms with Gasteiger partial charge in [0.15, 0.2) is 0 Å². The van der Waals surface area contributed by atoms with E-state index < -0.39 is 10.0 Å². The van der Waals surface area contributed by atoms with E-state index in [9.17, 15) is 8.42 Å². The smallest absolute Gasteiger partial charge is 0.240 e. The van der Waals surface area contributed by atoms with E-state index in [1.165, 1.54) is 0 Å². The molecule has 0 amide bonds. The van der Waals surface area contributed by atoms with Crippen molar-refractivity contribution in [2.45, 2.75) is 11.3 Å². The van der Waals surface area contributed by atoms with Crippen LogP contribution in [0.5, 0.6) is 5.75 Å². The van der Waals surface area contributed by atoms with Crippen molar-refractivity contribution in [3.63, 3.8) is 0 Å². The molecule has 0 heterocycles. The number of methoxy groups -OCH3 is 1. The number of benzene rings is 2. The van der Waals surface area contributed by atoms with Crippen LogP contribution in [0.15, 0.2) is 53.4 Å². The Balaban J connectivity index is 2.03. The highest BCUT2D eigenvalue weighted by molar-refractivity contribution is 7.89. The van der Waals surface area contributed by atoms with Crippen molar-refractivity contribution in [1.29, 1.82) is 0 Å². The van der Waals surface area contributed by atoms with Crippen molar-refractivity contribution >= 4 is 21.6 Å². The average molecular weight is 326 g/mol. The summed E-state index contributed by atoms with van der Waals surface area (Å²) in [6.45, 7) is 0.272. The summed E-state index contributed by atoms with van der Waals surface area (Å²) in [4.78, 5) is 0.253. The van der Waals surface area contributed by atoms with E-state index >= 15 is 0 Å². The number of hydrogen-bond acceptors (Lipinski definition) is 3. The van der Waals surface area contributed by atoms with Gasteiger partial charge < -0.3 is 4.74 Å². The molecule has 112 valence electrons. The lowest BCUT2D eigenvalue weighted by atomic mass is 10.1. The molecule has 4 nitrogen and oxygen atoms in total. The van der Waals surface area contributed by atoms with Gasteiger partial charge in [-0.05, 0) is 42.3 Å². The second-order valence-corrected chi connectivity index (χ2v) is 6.62. The minimum Gasteiger partial charge on any atom is -0.496 e. The van der Waals surface area contributed by atoms with Crippen molar-refractivity contribution in [3.05, 3.63) is 59.1 Å². The maximum absolute atomic E-state index is 12.1.